The lowest BCUT2D eigenvalue weighted by molar-refractivity contribution is 0.146. The summed E-state index contributed by atoms with van der Waals surface area (Å²) in [5.74, 6) is 0.641. The van der Waals surface area contributed by atoms with Crippen LogP contribution in [0.3, 0.4) is 0 Å². The maximum absolute atomic E-state index is 12.2. The van der Waals surface area contributed by atoms with Gasteiger partial charge in [-0.1, -0.05) is 17.7 Å². The maximum atomic E-state index is 12.2. The number of rotatable bonds is 7. The molecule has 0 bridgehead atoms. The zero-order valence-electron chi connectivity index (χ0n) is 12.0. The standard InChI is InChI=1S/C15H16ClNO4S/c1-20-9-10-21-14-7-5-13(6-8-14)17-22(18,19)15-4-2-3-12(16)11-15/h2-8,11,17H,9-10H2,1H3. The van der Waals surface area contributed by atoms with Crippen molar-refractivity contribution in [2.24, 2.45) is 0 Å². The van der Waals surface area contributed by atoms with E-state index in [4.69, 9.17) is 21.1 Å². The lowest BCUT2D eigenvalue weighted by Crippen LogP contribution is -2.12. The van der Waals surface area contributed by atoms with Gasteiger partial charge in [0.15, 0.2) is 0 Å². The second-order valence-corrected chi connectivity index (χ2v) is 6.55. The van der Waals surface area contributed by atoms with Gasteiger partial charge in [0.1, 0.15) is 12.4 Å². The monoisotopic (exact) mass is 341 g/mol. The molecule has 1 N–H and O–H groups in total. The van der Waals surface area contributed by atoms with Crippen LogP contribution in [0.1, 0.15) is 0 Å². The van der Waals surface area contributed by atoms with Gasteiger partial charge in [-0.25, -0.2) is 8.42 Å². The SMILES string of the molecule is COCCOc1ccc(NS(=O)(=O)c2cccc(Cl)c2)cc1. The van der Waals surface area contributed by atoms with Gasteiger partial charge in [0.25, 0.3) is 10.0 Å². The molecule has 118 valence electrons. The van der Waals surface area contributed by atoms with E-state index in [1.165, 1.54) is 12.1 Å². The largest absolute Gasteiger partial charge is 0.491 e. The Morgan fingerprint density at radius 3 is 2.45 bits per heavy atom. The van der Waals surface area contributed by atoms with E-state index < -0.39 is 10.0 Å². The molecule has 0 aliphatic carbocycles. The second kappa shape index (κ2) is 7.49. The van der Waals surface area contributed by atoms with Crippen molar-refractivity contribution in [3.05, 3.63) is 53.6 Å². The summed E-state index contributed by atoms with van der Waals surface area (Å²) in [4.78, 5) is 0.112. The third kappa shape index (κ3) is 4.62. The molecule has 0 unspecified atom stereocenters. The highest BCUT2D eigenvalue weighted by Gasteiger charge is 2.14. The molecule has 0 heterocycles. The van der Waals surface area contributed by atoms with E-state index in [0.29, 0.717) is 29.7 Å². The highest BCUT2D eigenvalue weighted by molar-refractivity contribution is 7.92. The molecule has 22 heavy (non-hydrogen) atoms. The smallest absolute Gasteiger partial charge is 0.261 e. The first-order valence-electron chi connectivity index (χ1n) is 6.51. The van der Waals surface area contributed by atoms with Crippen LogP contribution in [0.15, 0.2) is 53.4 Å². The first kappa shape index (κ1) is 16.6. The summed E-state index contributed by atoms with van der Waals surface area (Å²) in [5.41, 5.74) is 0.444. The van der Waals surface area contributed by atoms with Crippen LogP contribution in [0.2, 0.25) is 5.02 Å². The molecule has 0 aromatic heterocycles. The van der Waals surface area contributed by atoms with Gasteiger partial charge < -0.3 is 9.47 Å². The number of hydrogen-bond acceptors (Lipinski definition) is 4. The molecule has 0 aliphatic heterocycles. The van der Waals surface area contributed by atoms with Gasteiger partial charge in [0.05, 0.1) is 11.5 Å². The first-order valence-corrected chi connectivity index (χ1v) is 8.37. The fourth-order valence-electron chi connectivity index (χ4n) is 1.71. The number of hydrogen-bond donors (Lipinski definition) is 1. The molecule has 7 heteroatoms. The Hall–Kier alpha value is -1.76. The number of ether oxygens (including phenoxy) is 2. The van der Waals surface area contributed by atoms with Gasteiger partial charge in [-0.2, -0.15) is 0 Å². The molecule has 0 saturated carbocycles. The Labute approximate surface area is 134 Å². The van der Waals surface area contributed by atoms with Gasteiger partial charge in [0.2, 0.25) is 0 Å². The number of benzene rings is 2. The molecule has 0 aliphatic rings. The van der Waals surface area contributed by atoms with E-state index in [0.717, 1.165) is 0 Å². The molecule has 0 spiro atoms. The van der Waals surface area contributed by atoms with Crippen molar-refractivity contribution in [3.8, 4) is 5.75 Å². The molecule has 2 rings (SSSR count). The zero-order valence-corrected chi connectivity index (χ0v) is 13.5. The van der Waals surface area contributed by atoms with Crippen LogP contribution in [0.4, 0.5) is 5.69 Å². The summed E-state index contributed by atoms with van der Waals surface area (Å²) < 4.78 is 37.3. The van der Waals surface area contributed by atoms with Crippen LogP contribution in [-0.2, 0) is 14.8 Å². The minimum Gasteiger partial charge on any atom is -0.491 e. The van der Waals surface area contributed by atoms with Crippen molar-refractivity contribution in [1.29, 1.82) is 0 Å². The molecule has 0 fully saturated rings. The molecule has 2 aromatic carbocycles. The minimum atomic E-state index is -3.66. The molecular formula is C15H16ClNO4S. The Kier molecular flexibility index (Phi) is 5.65. The predicted molar refractivity (Wildman–Crippen MR) is 86.1 cm³/mol. The Bertz CT molecular complexity index is 717. The van der Waals surface area contributed by atoms with Crippen LogP contribution >= 0.6 is 11.6 Å². The van der Waals surface area contributed by atoms with Crippen molar-refractivity contribution in [2.45, 2.75) is 4.90 Å². The summed E-state index contributed by atoms with van der Waals surface area (Å²) in [6, 6.07) is 12.7. The van der Waals surface area contributed by atoms with E-state index in [1.54, 1.807) is 43.5 Å². The Morgan fingerprint density at radius 2 is 1.82 bits per heavy atom. The highest BCUT2D eigenvalue weighted by Crippen LogP contribution is 2.21. The van der Waals surface area contributed by atoms with E-state index in [1.807, 2.05) is 0 Å². The van der Waals surface area contributed by atoms with E-state index >= 15 is 0 Å². The van der Waals surface area contributed by atoms with Crippen molar-refractivity contribution < 1.29 is 17.9 Å². The molecule has 0 amide bonds. The zero-order chi connectivity index (χ0) is 16.0. The van der Waals surface area contributed by atoms with Gasteiger partial charge in [-0.15, -0.1) is 0 Å². The van der Waals surface area contributed by atoms with Crippen molar-refractivity contribution >= 4 is 27.3 Å². The molecule has 0 atom stereocenters. The van der Waals surface area contributed by atoms with Crippen molar-refractivity contribution in [2.75, 3.05) is 25.0 Å². The molecular weight excluding hydrogens is 326 g/mol. The van der Waals surface area contributed by atoms with E-state index in [2.05, 4.69) is 4.72 Å². The third-order valence-corrected chi connectivity index (χ3v) is 4.38. The van der Waals surface area contributed by atoms with Crippen LogP contribution in [0.5, 0.6) is 5.75 Å². The predicted octanol–water partition coefficient (Wildman–Crippen LogP) is 3.17. The summed E-state index contributed by atoms with van der Waals surface area (Å²) >= 11 is 5.82. The summed E-state index contributed by atoms with van der Waals surface area (Å²) in [5, 5.41) is 0.366. The van der Waals surface area contributed by atoms with Crippen molar-refractivity contribution in [1.82, 2.24) is 0 Å². The Balaban J connectivity index is 2.06. The first-order chi connectivity index (χ1) is 10.5. The van der Waals surface area contributed by atoms with Gasteiger partial charge in [-0.05, 0) is 42.5 Å². The van der Waals surface area contributed by atoms with Gasteiger partial charge >= 0.3 is 0 Å². The van der Waals surface area contributed by atoms with Crippen LogP contribution in [0, 0.1) is 0 Å². The normalized spacial score (nSPS) is 11.2. The summed E-state index contributed by atoms with van der Waals surface area (Å²) in [6.45, 7) is 0.924. The quantitative estimate of drug-likeness (QED) is 0.786. The molecule has 0 saturated heterocycles. The number of methoxy groups -OCH3 is 1. The van der Waals surface area contributed by atoms with Crippen molar-refractivity contribution in [3.63, 3.8) is 0 Å². The lowest BCUT2D eigenvalue weighted by Gasteiger charge is -2.10. The summed E-state index contributed by atoms with van der Waals surface area (Å²) in [7, 11) is -2.07. The topological polar surface area (TPSA) is 64.6 Å². The summed E-state index contributed by atoms with van der Waals surface area (Å²) in [6.07, 6.45) is 0. The highest BCUT2D eigenvalue weighted by atomic mass is 35.5. The fraction of sp³-hybridized carbons (Fsp3) is 0.200. The number of sulfonamides is 1. The average Bonchev–Trinajstić information content (AvgIpc) is 2.49. The average molecular weight is 342 g/mol. The maximum Gasteiger partial charge on any atom is 0.261 e. The van der Waals surface area contributed by atoms with E-state index in [-0.39, 0.29) is 4.90 Å². The molecule has 2 aromatic rings. The lowest BCUT2D eigenvalue weighted by atomic mass is 10.3. The number of anilines is 1. The second-order valence-electron chi connectivity index (χ2n) is 4.43. The fourth-order valence-corrected chi connectivity index (χ4v) is 3.07. The van der Waals surface area contributed by atoms with Crippen LogP contribution in [-0.4, -0.2) is 28.7 Å². The number of halogens is 1. The Morgan fingerprint density at radius 1 is 1.09 bits per heavy atom. The molecule has 5 nitrogen and oxygen atoms in total. The van der Waals surface area contributed by atoms with Crippen LogP contribution in [0.25, 0.3) is 0 Å². The van der Waals surface area contributed by atoms with Gasteiger partial charge in [0, 0.05) is 17.8 Å². The van der Waals surface area contributed by atoms with Gasteiger partial charge in [-0.3, -0.25) is 4.72 Å². The van der Waals surface area contributed by atoms with Crippen LogP contribution < -0.4 is 9.46 Å². The minimum absolute atomic E-state index is 0.112. The number of nitrogens with one attached hydrogen (secondary N) is 1. The third-order valence-electron chi connectivity index (χ3n) is 2.77. The molecule has 0 radical (unpaired) electrons. The van der Waals surface area contributed by atoms with E-state index in [9.17, 15) is 8.42 Å².